The number of ether oxygens (including phenoxy) is 4. The number of carbonyl (C=O) groups is 1. The third-order valence-corrected chi connectivity index (χ3v) is 5.11. The van der Waals surface area contributed by atoms with Gasteiger partial charge in [-0.05, 0) is 12.0 Å². The van der Waals surface area contributed by atoms with Crippen LogP contribution in [0.2, 0.25) is 0 Å². The summed E-state index contributed by atoms with van der Waals surface area (Å²) in [4.78, 5) is 14.4. The largest absolute Gasteiger partial charge is 0.394 e. The van der Waals surface area contributed by atoms with E-state index < -0.39 is 80.5 Å². The maximum absolute atomic E-state index is 11.8. The van der Waals surface area contributed by atoms with E-state index in [1.54, 1.807) is 0 Å². The fourth-order valence-corrected chi connectivity index (χ4v) is 3.47. The van der Waals surface area contributed by atoms with Crippen molar-refractivity contribution in [3.63, 3.8) is 0 Å². The number of carbonyl (C=O) groups excluding carboxylic acids is 1. The smallest absolute Gasteiger partial charge is 0.217 e. The predicted octanol–water partition coefficient (Wildman–Crippen LogP) is -3.53. The molecule has 2 rings (SSSR count). The van der Waals surface area contributed by atoms with Gasteiger partial charge in [-0.3, -0.25) is 4.79 Å². The Bertz CT molecular complexity index is 650. The van der Waals surface area contributed by atoms with E-state index >= 15 is 0 Å². The average Bonchev–Trinajstić information content (AvgIpc) is 2.76. The standard InChI is InChI=1S/C17H30N4O11/c1-7(24)20-10-15(32-17-14(28)13(27)11(25)8(5-22)31-17)12(26)9(6-23)30-16(10)29-4-2-3-19-21-18/h8-17,22-23,25-28H,2-6H2,1H3,(H,20,24)/t8-,9-,10-,11+,12+,13+,14-,15-,16+,17+/m1/s1. The summed E-state index contributed by atoms with van der Waals surface area (Å²) in [5.74, 6) is -0.529. The lowest BCUT2D eigenvalue weighted by atomic mass is 9.95. The van der Waals surface area contributed by atoms with Gasteiger partial charge in [-0.2, -0.15) is 0 Å². The molecule has 0 bridgehead atoms. The van der Waals surface area contributed by atoms with Gasteiger partial charge in [-0.15, -0.1) is 0 Å². The third kappa shape index (κ3) is 6.46. The number of nitrogens with one attached hydrogen (secondary N) is 1. The Morgan fingerprint density at radius 3 is 2.25 bits per heavy atom. The molecule has 0 saturated carbocycles. The summed E-state index contributed by atoms with van der Waals surface area (Å²) in [6, 6.07) is -1.14. The minimum atomic E-state index is -1.75. The number of nitrogens with zero attached hydrogens (tertiary/aromatic N) is 3. The molecule has 7 N–H and O–H groups in total. The summed E-state index contributed by atoms with van der Waals surface area (Å²) in [6.07, 6.45) is -12.9. The number of hydrogen-bond acceptors (Lipinski definition) is 12. The van der Waals surface area contributed by atoms with Gasteiger partial charge in [0.25, 0.3) is 0 Å². The lowest BCUT2D eigenvalue weighted by molar-refractivity contribution is -0.344. The van der Waals surface area contributed by atoms with Crippen molar-refractivity contribution in [2.24, 2.45) is 5.11 Å². The van der Waals surface area contributed by atoms with Gasteiger partial charge in [0.05, 0.1) is 13.2 Å². The van der Waals surface area contributed by atoms with E-state index in [-0.39, 0.29) is 13.2 Å². The van der Waals surface area contributed by atoms with Crippen LogP contribution in [-0.2, 0) is 23.7 Å². The molecule has 2 heterocycles. The molecular formula is C17H30N4O11. The van der Waals surface area contributed by atoms with E-state index in [0.29, 0.717) is 6.42 Å². The Morgan fingerprint density at radius 1 is 1.03 bits per heavy atom. The summed E-state index contributed by atoms with van der Waals surface area (Å²) >= 11 is 0. The lowest BCUT2D eigenvalue weighted by Gasteiger charge is -2.47. The molecule has 2 saturated heterocycles. The van der Waals surface area contributed by atoms with Crippen LogP contribution in [0.5, 0.6) is 0 Å². The molecule has 2 aliphatic heterocycles. The van der Waals surface area contributed by atoms with Crippen LogP contribution in [0.3, 0.4) is 0 Å². The molecule has 0 radical (unpaired) electrons. The summed E-state index contributed by atoms with van der Waals surface area (Å²) in [5.41, 5.74) is 8.33. The van der Waals surface area contributed by atoms with Crippen LogP contribution < -0.4 is 5.32 Å². The monoisotopic (exact) mass is 466 g/mol. The van der Waals surface area contributed by atoms with E-state index in [9.17, 15) is 35.4 Å². The molecule has 0 aromatic rings. The lowest BCUT2D eigenvalue weighted by Crippen LogP contribution is -2.68. The van der Waals surface area contributed by atoms with Crippen LogP contribution in [0, 0.1) is 0 Å². The SMILES string of the molecule is CC(=O)N[C@H]1[C@@H](OCCCN=[N+]=[N-])O[C@H](CO)[C@H](O)[C@@H]1O[C@@H]1O[C@H](CO)[C@H](O)[C@H](O)[C@H]1O. The van der Waals surface area contributed by atoms with Crippen LogP contribution >= 0.6 is 0 Å². The van der Waals surface area contributed by atoms with Gasteiger partial charge in [0.15, 0.2) is 12.6 Å². The Kier molecular flexibility index (Phi) is 10.5. The first-order chi connectivity index (χ1) is 15.2. The predicted molar refractivity (Wildman–Crippen MR) is 103 cm³/mol. The normalized spacial score (nSPS) is 39.8. The molecular weight excluding hydrogens is 436 g/mol. The first kappa shape index (κ1) is 26.6. The molecule has 0 spiro atoms. The molecule has 0 unspecified atom stereocenters. The Hall–Kier alpha value is -1.62. The maximum atomic E-state index is 11.8. The van der Waals surface area contributed by atoms with E-state index in [4.69, 9.17) is 24.5 Å². The number of hydrogen-bond donors (Lipinski definition) is 7. The number of aliphatic hydroxyl groups excluding tert-OH is 6. The number of aliphatic hydroxyl groups is 6. The fraction of sp³-hybridized carbons (Fsp3) is 0.941. The first-order valence-electron chi connectivity index (χ1n) is 10.0. The second kappa shape index (κ2) is 12.6. The summed E-state index contributed by atoms with van der Waals surface area (Å²) in [5, 5.41) is 65.7. The molecule has 0 aromatic heterocycles. The van der Waals surface area contributed by atoms with Gasteiger partial charge in [-0.25, -0.2) is 0 Å². The topological polar surface area (TPSA) is 236 Å². The van der Waals surface area contributed by atoms with Crippen molar-refractivity contribution >= 4 is 5.91 Å². The molecule has 0 aromatic carbocycles. The van der Waals surface area contributed by atoms with Crippen LogP contribution in [0.1, 0.15) is 13.3 Å². The molecule has 15 nitrogen and oxygen atoms in total. The Morgan fingerprint density at radius 2 is 1.66 bits per heavy atom. The van der Waals surface area contributed by atoms with E-state index in [0.717, 1.165) is 0 Å². The summed E-state index contributed by atoms with van der Waals surface area (Å²) in [6.45, 7) is 0.0628. The quantitative estimate of drug-likeness (QED) is 0.0720. The van der Waals surface area contributed by atoms with E-state index in [1.807, 2.05) is 0 Å². The van der Waals surface area contributed by atoms with Gasteiger partial charge in [0.2, 0.25) is 5.91 Å². The van der Waals surface area contributed by atoms with Crippen LogP contribution in [-0.4, -0.2) is 124 Å². The fourth-order valence-electron chi connectivity index (χ4n) is 3.47. The van der Waals surface area contributed by atoms with Gasteiger partial charge < -0.3 is 54.9 Å². The second-order valence-electron chi connectivity index (χ2n) is 7.42. The van der Waals surface area contributed by atoms with Crippen LogP contribution in [0.15, 0.2) is 5.11 Å². The molecule has 184 valence electrons. The second-order valence-corrected chi connectivity index (χ2v) is 7.42. The molecule has 32 heavy (non-hydrogen) atoms. The molecule has 10 atom stereocenters. The number of azide groups is 1. The van der Waals surface area contributed by atoms with Crippen LogP contribution in [0.4, 0.5) is 0 Å². The van der Waals surface area contributed by atoms with Gasteiger partial charge in [-0.1, -0.05) is 5.11 Å². The zero-order valence-corrected chi connectivity index (χ0v) is 17.4. The van der Waals surface area contributed by atoms with E-state index in [1.165, 1.54) is 6.92 Å². The van der Waals surface area contributed by atoms with Crippen molar-refractivity contribution < 1.29 is 54.4 Å². The minimum Gasteiger partial charge on any atom is -0.394 e. The summed E-state index contributed by atoms with van der Waals surface area (Å²) in [7, 11) is 0. The molecule has 2 aliphatic rings. The van der Waals surface area contributed by atoms with Crippen molar-refractivity contribution in [3.05, 3.63) is 10.4 Å². The van der Waals surface area contributed by atoms with Crippen molar-refractivity contribution in [1.82, 2.24) is 5.32 Å². The van der Waals surface area contributed by atoms with Crippen molar-refractivity contribution in [3.8, 4) is 0 Å². The van der Waals surface area contributed by atoms with E-state index in [2.05, 4.69) is 15.3 Å². The minimum absolute atomic E-state index is 0.0424. The van der Waals surface area contributed by atoms with Gasteiger partial charge in [0.1, 0.15) is 48.8 Å². The highest BCUT2D eigenvalue weighted by atomic mass is 16.7. The molecule has 15 heteroatoms. The maximum Gasteiger partial charge on any atom is 0.217 e. The van der Waals surface area contributed by atoms with Crippen LogP contribution in [0.25, 0.3) is 10.4 Å². The third-order valence-electron chi connectivity index (χ3n) is 5.11. The first-order valence-corrected chi connectivity index (χ1v) is 10.0. The Labute approximate surface area is 183 Å². The molecule has 1 amide bonds. The number of amides is 1. The molecule has 2 fully saturated rings. The zero-order valence-electron chi connectivity index (χ0n) is 17.4. The highest BCUT2D eigenvalue weighted by Gasteiger charge is 2.51. The zero-order chi connectivity index (χ0) is 23.8. The highest BCUT2D eigenvalue weighted by molar-refractivity contribution is 5.73. The summed E-state index contributed by atoms with van der Waals surface area (Å²) < 4.78 is 22.1. The van der Waals surface area contributed by atoms with Crippen molar-refractivity contribution in [1.29, 1.82) is 0 Å². The van der Waals surface area contributed by atoms with Crippen molar-refractivity contribution in [2.45, 2.75) is 74.7 Å². The van der Waals surface area contributed by atoms with Gasteiger partial charge >= 0.3 is 0 Å². The van der Waals surface area contributed by atoms with Crippen molar-refractivity contribution in [2.75, 3.05) is 26.4 Å². The average molecular weight is 466 g/mol. The molecule has 0 aliphatic carbocycles. The van der Waals surface area contributed by atoms with Gasteiger partial charge in [0, 0.05) is 25.0 Å². The Balaban J connectivity index is 2.22. The number of rotatable bonds is 10. The highest BCUT2D eigenvalue weighted by Crippen LogP contribution is 2.29.